The number of aryl methyl sites for hydroxylation is 5. The van der Waals surface area contributed by atoms with Crippen LogP contribution in [0.1, 0.15) is 40.8 Å². The van der Waals surface area contributed by atoms with Crippen LogP contribution in [0.2, 0.25) is 0 Å². The van der Waals surface area contributed by atoms with Crippen molar-refractivity contribution in [2.45, 2.75) is 41.5 Å². The van der Waals surface area contributed by atoms with E-state index in [2.05, 4.69) is 84.3 Å². The van der Waals surface area contributed by atoms with E-state index < -0.39 is 0 Å². The molecular weight excluding hydrogens is 318 g/mol. The fraction of sp³-hybridized carbons (Fsp3) is 0.261. The second kappa shape index (κ2) is 9.04. The maximum Gasteiger partial charge on any atom is 0.163 e. The minimum Gasteiger partial charge on any atom is -0.219 e. The quantitative estimate of drug-likeness (QED) is 0.589. The fourth-order valence-corrected chi connectivity index (χ4v) is 2.63. The van der Waals surface area contributed by atoms with Crippen molar-refractivity contribution < 1.29 is 0 Å². The van der Waals surface area contributed by atoms with E-state index in [0.717, 1.165) is 23.0 Å². The van der Waals surface area contributed by atoms with Crippen molar-refractivity contribution >= 4 is 6.08 Å². The Labute approximate surface area is 156 Å². The molecule has 0 aliphatic rings. The predicted molar refractivity (Wildman–Crippen MR) is 110 cm³/mol. The SMILES string of the molecule is CC=Cc1ccc(-c2nc(C)nc(C)n2)c(C)c1.Cc1ccccc1C. The monoisotopic (exact) mass is 345 g/mol. The minimum atomic E-state index is 0.754. The van der Waals surface area contributed by atoms with Crippen LogP contribution >= 0.6 is 0 Å². The molecule has 0 bridgehead atoms. The molecule has 3 heteroatoms. The van der Waals surface area contributed by atoms with Gasteiger partial charge in [-0.25, -0.2) is 15.0 Å². The summed E-state index contributed by atoms with van der Waals surface area (Å²) in [5, 5.41) is 0. The highest BCUT2D eigenvalue weighted by Gasteiger charge is 2.07. The van der Waals surface area contributed by atoms with Gasteiger partial charge in [-0.1, -0.05) is 54.6 Å². The molecule has 0 saturated carbocycles. The van der Waals surface area contributed by atoms with Crippen LogP contribution in [0.5, 0.6) is 0 Å². The van der Waals surface area contributed by atoms with Crippen molar-refractivity contribution in [1.82, 2.24) is 15.0 Å². The summed E-state index contributed by atoms with van der Waals surface area (Å²) in [6, 6.07) is 14.6. The third-order valence-electron chi connectivity index (χ3n) is 4.14. The van der Waals surface area contributed by atoms with Crippen molar-refractivity contribution in [2.24, 2.45) is 0 Å². The van der Waals surface area contributed by atoms with Crippen LogP contribution in [0.15, 0.2) is 48.5 Å². The Morgan fingerprint density at radius 1 is 0.692 bits per heavy atom. The molecule has 134 valence electrons. The lowest BCUT2D eigenvalue weighted by Gasteiger charge is -2.07. The molecule has 3 rings (SSSR count). The van der Waals surface area contributed by atoms with Crippen LogP contribution < -0.4 is 0 Å². The molecule has 0 aliphatic carbocycles. The highest BCUT2D eigenvalue weighted by Crippen LogP contribution is 2.21. The van der Waals surface area contributed by atoms with Gasteiger partial charge in [-0.3, -0.25) is 0 Å². The largest absolute Gasteiger partial charge is 0.219 e. The van der Waals surface area contributed by atoms with Gasteiger partial charge >= 0.3 is 0 Å². The number of hydrogen-bond acceptors (Lipinski definition) is 3. The highest BCUT2D eigenvalue weighted by molar-refractivity contribution is 5.64. The number of nitrogens with zero attached hydrogens (tertiary/aromatic N) is 3. The van der Waals surface area contributed by atoms with Gasteiger partial charge in [0.2, 0.25) is 0 Å². The third-order valence-corrected chi connectivity index (χ3v) is 4.14. The molecule has 0 fully saturated rings. The second-order valence-corrected chi connectivity index (χ2v) is 6.41. The lowest BCUT2D eigenvalue weighted by Crippen LogP contribution is -2.00. The number of benzene rings is 2. The van der Waals surface area contributed by atoms with Crippen LogP contribution in [0, 0.1) is 34.6 Å². The van der Waals surface area contributed by atoms with Crippen molar-refractivity contribution in [2.75, 3.05) is 0 Å². The van der Waals surface area contributed by atoms with Gasteiger partial charge in [0.1, 0.15) is 11.6 Å². The summed E-state index contributed by atoms with van der Waals surface area (Å²) in [6.45, 7) is 12.1. The van der Waals surface area contributed by atoms with Crippen LogP contribution in [-0.2, 0) is 0 Å². The van der Waals surface area contributed by atoms with E-state index in [1.807, 2.05) is 26.8 Å². The van der Waals surface area contributed by atoms with E-state index in [4.69, 9.17) is 0 Å². The van der Waals surface area contributed by atoms with Crippen molar-refractivity contribution in [3.05, 3.63) is 82.4 Å². The summed E-state index contributed by atoms with van der Waals surface area (Å²) in [7, 11) is 0. The first-order chi connectivity index (χ1) is 12.4. The Bertz CT molecular complexity index is 870. The Balaban J connectivity index is 0.000000254. The summed E-state index contributed by atoms with van der Waals surface area (Å²) in [5.74, 6) is 2.27. The van der Waals surface area contributed by atoms with Gasteiger partial charge in [0.25, 0.3) is 0 Å². The molecule has 0 radical (unpaired) electrons. The normalized spacial score (nSPS) is 10.5. The van der Waals surface area contributed by atoms with E-state index >= 15 is 0 Å². The first-order valence-electron chi connectivity index (χ1n) is 8.86. The molecular formula is C23H27N3. The van der Waals surface area contributed by atoms with Crippen LogP contribution in [0.3, 0.4) is 0 Å². The zero-order valence-electron chi connectivity index (χ0n) is 16.5. The van der Waals surface area contributed by atoms with Gasteiger partial charge in [-0.15, -0.1) is 0 Å². The smallest absolute Gasteiger partial charge is 0.163 e. The summed E-state index contributed by atoms with van der Waals surface area (Å²) in [5.41, 5.74) is 6.17. The van der Waals surface area contributed by atoms with Gasteiger partial charge in [-0.2, -0.15) is 0 Å². The van der Waals surface area contributed by atoms with Gasteiger partial charge in [0.05, 0.1) is 0 Å². The molecule has 1 aromatic heterocycles. The third kappa shape index (κ3) is 5.35. The summed E-state index contributed by atoms with van der Waals surface area (Å²) in [4.78, 5) is 13.0. The first-order valence-corrected chi connectivity index (χ1v) is 8.86. The molecule has 0 atom stereocenters. The number of allylic oxidation sites excluding steroid dienone is 1. The zero-order valence-corrected chi connectivity index (χ0v) is 16.5. The topological polar surface area (TPSA) is 38.7 Å². The lowest BCUT2D eigenvalue weighted by molar-refractivity contribution is 0.927. The molecule has 0 amide bonds. The molecule has 0 aliphatic heterocycles. The Hall–Kier alpha value is -2.81. The fourth-order valence-electron chi connectivity index (χ4n) is 2.63. The predicted octanol–water partition coefficient (Wildman–Crippen LogP) is 5.80. The van der Waals surface area contributed by atoms with E-state index in [9.17, 15) is 0 Å². The molecule has 0 spiro atoms. The van der Waals surface area contributed by atoms with Gasteiger partial charge < -0.3 is 0 Å². The van der Waals surface area contributed by atoms with Crippen LogP contribution in [0.4, 0.5) is 0 Å². The Kier molecular flexibility index (Phi) is 6.79. The van der Waals surface area contributed by atoms with Crippen molar-refractivity contribution in [1.29, 1.82) is 0 Å². The minimum absolute atomic E-state index is 0.754. The van der Waals surface area contributed by atoms with Gasteiger partial charge in [0, 0.05) is 5.56 Å². The van der Waals surface area contributed by atoms with Crippen molar-refractivity contribution in [3.63, 3.8) is 0 Å². The van der Waals surface area contributed by atoms with Crippen molar-refractivity contribution in [3.8, 4) is 11.4 Å². The highest BCUT2D eigenvalue weighted by atomic mass is 15.0. The molecule has 1 heterocycles. The molecule has 3 aromatic rings. The van der Waals surface area contributed by atoms with Gasteiger partial charge in [-0.05, 0) is 63.8 Å². The Morgan fingerprint density at radius 2 is 1.27 bits per heavy atom. The lowest BCUT2D eigenvalue weighted by atomic mass is 10.0. The van der Waals surface area contributed by atoms with Crippen LogP contribution in [-0.4, -0.2) is 15.0 Å². The molecule has 26 heavy (non-hydrogen) atoms. The molecule has 3 nitrogen and oxygen atoms in total. The Morgan fingerprint density at radius 3 is 1.73 bits per heavy atom. The molecule has 2 aromatic carbocycles. The standard InChI is InChI=1S/C15H17N3.C8H10/c1-5-6-13-7-8-14(10(2)9-13)15-17-11(3)16-12(4)18-15;1-7-5-3-4-6-8(7)2/h5-9H,1-4H3;3-6H,1-2H3. The maximum absolute atomic E-state index is 4.40. The molecule has 0 N–H and O–H groups in total. The van der Waals surface area contributed by atoms with E-state index in [1.165, 1.54) is 22.3 Å². The van der Waals surface area contributed by atoms with Crippen LogP contribution in [0.25, 0.3) is 17.5 Å². The second-order valence-electron chi connectivity index (χ2n) is 6.41. The number of rotatable bonds is 2. The number of aromatic nitrogens is 3. The van der Waals surface area contributed by atoms with Gasteiger partial charge in [0.15, 0.2) is 5.82 Å². The average Bonchev–Trinajstić information content (AvgIpc) is 2.58. The van der Waals surface area contributed by atoms with E-state index in [1.54, 1.807) is 0 Å². The summed E-state index contributed by atoms with van der Waals surface area (Å²) in [6.07, 6.45) is 4.12. The maximum atomic E-state index is 4.40. The zero-order chi connectivity index (χ0) is 19.1. The van der Waals surface area contributed by atoms with E-state index in [-0.39, 0.29) is 0 Å². The molecule has 0 saturated heterocycles. The first kappa shape index (κ1) is 19.5. The summed E-state index contributed by atoms with van der Waals surface area (Å²) >= 11 is 0. The molecule has 0 unspecified atom stereocenters. The summed E-state index contributed by atoms with van der Waals surface area (Å²) < 4.78 is 0. The average molecular weight is 345 g/mol. The number of hydrogen-bond donors (Lipinski definition) is 0. The van der Waals surface area contributed by atoms with E-state index in [0.29, 0.717) is 0 Å².